The number of halogens is 4. The van der Waals surface area contributed by atoms with Crippen molar-refractivity contribution in [2.75, 3.05) is 13.2 Å². The molecule has 3 nitrogen and oxygen atoms in total. The zero-order valence-electron chi connectivity index (χ0n) is 8.63. The van der Waals surface area contributed by atoms with Gasteiger partial charge in [0.15, 0.2) is 5.78 Å². The molecule has 0 aliphatic rings. The number of hydrogen-bond acceptors (Lipinski definition) is 3. The van der Waals surface area contributed by atoms with Gasteiger partial charge in [-0.1, -0.05) is 11.6 Å². The molecule has 0 aliphatic carbocycles. The maximum Gasteiger partial charge on any atom is 0.411 e. The van der Waals surface area contributed by atoms with Gasteiger partial charge < -0.3 is 4.74 Å². The fourth-order valence-electron chi connectivity index (χ4n) is 1.09. The predicted octanol–water partition coefficient (Wildman–Crippen LogP) is 2.43. The van der Waals surface area contributed by atoms with Crippen molar-refractivity contribution in [1.82, 2.24) is 4.98 Å². The quantitative estimate of drug-likeness (QED) is 0.822. The van der Waals surface area contributed by atoms with Gasteiger partial charge in [-0.05, 0) is 11.6 Å². The van der Waals surface area contributed by atoms with Crippen molar-refractivity contribution in [1.29, 1.82) is 0 Å². The highest BCUT2D eigenvalue weighted by Crippen LogP contribution is 2.16. The van der Waals surface area contributed by atoms with Gasteiger partial charge >= 0.3 is 6.18 Å². The number of aromatic nitrogens is 1. The van der Waals surface area contributed by atoms with Crippen LogP contribution in [-0.4, -0.2) is 30.2 Å². The summed E-state index contributed by atoms with van der Waals surface area (Å²) in [5.74, 6) is -0.470. The van der Waals surface area contributed by atoms with E-state index in [2.05, 4.69) is 9.72 Å². The molecule has 1 heterocycles. The third kappa shape index (κ3) is 5.65. The molecule has 1 aromatic heterocycles. The molecule has 0 saturated carbocycles. The first-order chi connectivity index (χ1) is 7.88. The summed E-state index contributed by atoms with van der Waals surface area (Å²) in [6.45, 7) is -2.01. The Labute approximate surface area is 101 Å². The van der Waals surface area contributed by atoms with Crippen LogP contribution < -0.4 is 0 Å². The van der Waals surface area contributed by atoms with Crippen molar-refractivity contribution in [2.45, 2.75) is 12.6 Å². The first-order valence-electron chi connectivity index (χ1n) is 4.63. The van der Waals surface area contributed by atoms with E-state index >= 15 is 0 Å². The monoisotopic (exact) mass is 267 g/mol. The zero-order chi connectivity index (χ0) is 12.9. The van der Waals surface area contributed by atoms with E-state index < -0.39 is 25.2 Å². The molecule has 0 aromatic carbocycles. The standard InChI is InChI=1S/C10H9ClF3NO2/c11-9-4-15-2-1-7(9)3-8(16)5-17-6-10(12,13)14/h1-2,4H,3,5-6H2. The van der Waals surface area contributed by atoms with Crippen LogP contribution in [0.2, 0.25) is 5.02 Å². The molecule has 0 bridgehead atoms. The Kier molecular flexibility index (Phi) is 4.89. The average molecular weight is 268 g/mol. The highest BCUT2D eigenvalue weighted by Gasteiger charge is 2.27. The summed E-state index contributed by atoms with van der Waals surface area (Å²) in [5.41, 5.74) is 0.516. The summed E-state index contributed by atoms with van der Waals surface area (Å²) in [6.07, 6.45) is -1.68. The molecule has 0 atom stereocenters. The molecule has 0 fully saturated rings. The van der Waals surface area contributed by atoms with E-state index in [9.17, 15) is 18.0 Å². The van der Waals surface area contributed by atoms with Crippen molar-refractivity contribution in [3.8, 4) is 0 Å². The molecule has 94 valence electrons. The molecular weight excluding hydrogens is 259 g/mol. The molecule has 0 amide bonds. The third-order valence-corrected chi connectivity index (χ3v) is 2.11. The van der Waals surface area contributed by atoms with Crippen LogP contribution >= 0.6 is 11.6 Å². The van der Waals surface area contributed by atoms with Crippen LogP contribution in [0.15, 0.2) is 18.5 Å². The zero-order valence-corrected chi connectivity index (χ0v) is 9.38. The minimum atomic E-state index is -4.42. The lowest BCUT2D eigenvalue weighted by Crippen LogP contribution is -2.21. The number of ether oxygens (including phenoxy) is 1. The Balaban J connectivity index is 2.38. The van der Waals surface area contributed by atoms with Crippen LogP contribution in [0.1, 0.15) is 5.56 Å². The Hall–Kier alpha value is -1.14. The largest absolute Gasteiger partial charge is 0.411 e. The fraction of sp³-hybridized carbons (Fsp3) is 0.400. The van der Waals surface area contributed by atoms with E-state index in [1.165, 1.54) is 18.5 Å². The van der Waals surface area contributed by atoms with Crippen molar-refractivity contribution < 1.29 is 22.7 Å². The van der Waals surface area contributed by atoms with E-state index in [-0.39, 0.29) is 6.42 Å². The molecule has 0 unspecified atom stereocenters. The van der Waals surface area contributed by atoms with Crippen LogP contribution in [0.5, 0.6) is 0 Å². The van der Waals surface area contributed by atoms with E-state index in [1.807, 2.05) is 0 Å². The molecule has 0 radical (unpaired) electrons. The highest BCUT2D eigenvalue weighted by molar-refractivity contribution is 6.31. The number of hydrogen-bond donors (Lipinski definition) is 0. The van der Waals surface area contributed by atoms with E-state index in [0.29, 0.717) is 10.6 Å². The van der Waals surface area contributed by atoms with Crippen molar-refractivity contribution in [2.24, 2.45) is 0 Å². The highest BCUT2D eigenvalue weighted by atomic mass is 35.5. The minimum Gasteiger partial charge on any atom is -0.364 e. The van der Waals surface area contributed by atoms with Gasteiger partial charge in [-0.3, -0.25) is 9.78 Å². The number of nitrogens with zero attached hydrogens (tertiary/aromatic N) is 1. The smallest absolute Gasteiger partial charge is 0.364 e. The number of ketones is 1. The minimum absolute atomic E-state index is 0.0702. The van der Waals surface area contributed by atoms with Crippen molar-refractivity contribution >= 4 is 17.4 Å². The molecule has 7 heteroatoms. The van der Waals surface area contributed by atoms with Crippen LogP contribution in [0.3, 0.4) is 0 Å². The lowest BCUT2D eigenvalue weighted by atomic mass is 10.1. The Bertz CT molecular complexity index is 395. The number of Topliss-reactive ketones (excluding diaryl/α,β-unsaturated/α-hetero) is 1. The number of carbonyl (C=O) groups is 1. The van der Waals surface area contributed by atoms with Crippen molar-refractivity contribution in [3.63, 3.8) is 0 Å². The summed E-state index contributed by atoms with van der Waals surface area (Å²) in [4.78, 5) is 15.0. The van der Waals surface area contributed by atoms with Crippen LogP contribution in [0, 0.1) is 0 Å². The van der Waals surface area contributed by atoms with Gasteiger partial charge in [-0.15, -0.1) is 0 Å². The van der Waals surface area contributed by atoms with Crippen molar-refractivity contribution in [3.05, 3.63) is 29.0 Å². The Morgan fingerprint density at radius 1 is 1.47 bits per heavy atom. The van der Waals surface area contributed by atoms with Crippen LogP contribution in [0.25, 0.3) is 0 Å². The van der Waals surface area contributed by atoms with Gasteiger partial charge in [0, 0.05) is 18.8 Å². The van der Waals surface area contributed by atoms with Gasteiger partial charge in [0.25, 0.3) is 0 Å². The maximum absolute atomic E-state index is 11.7. The van der Waals surface area contributed by atoms with E-state index in [0.717, 1.165) is 0 Å². The second kappa shape index (κ2) is 5.97. The van der Waals surface area contributed by atoms with Gasteiger partial charge in [-0.2, -0.15) is 13.2 Å². The van der Waals surface area contributed by atoms with Gasteiger partial charge in [-0.25, -0.2) is 0 Å². The lowest BCUT2D eigenvalue weighted by Gasteiger charge is -2.07. The van der Waals surface area contributed by atoms with E-state index in [4.69, 9.17) is 11.6 Å². The summed E-state index contributed by atoms with van der Waals surface area (Å²) in [5, 5.41) is 0.302. The molecule has 0 saturated heterocycles. The molecule has 0 aliphatic heterocycles. The van der Waals surface area contributed by atoms with Gasteiger partial charge in [0.2, 0.25) is 0 Å². The molecule has 0 spiro atoms. The van der Waals surface area contributed by atoms with Crippen LogP contribution in [-0.2, 0) is 16.0 Å². The summed E-state index contributed by atoms with van der Waals surface area (Å²) in [7, 11) is 0. The van der Waals surface area contributed by atoms with E-state index in [1.54, 1.807) is 0 Å². The second-order valence-electron chi connectivity index (χ2n) is 3.29. The van der Waals surface area contributed by atoms with Gasteiger partial charge in [0.05, 0.1) is 5.02 Å². The number of carbonyl (C=O) groups excluding carboxylic acids is 1. The Morgan fingerprint density at radius 3 is 2.76 bits per heavy atom. The molecule has 1 aromatic rings. The first-order valence-corrected chi connectivity index (χ1v) is 5.01. The second-order valence-corrected chi connectivity index (χ2v) is 3.70. The number of pyridine rings is 1. The lowest BCUT2D eigenvalue weighted by molar-refractivity contribution is -0.175. The molecule has 17 heavy (non-hydrogen) atoms. The maximum atomic E-state index is 11.7. The number of alkyl halides is 3. The average Bonchev–Trinajstić information content (AvgIpc) is 2.19. The summed E-state index contributed by atoms with van der Waals surface area (Å²) in [6, 6.07) is 1.53. The third-order valence-electron chi connectivity index (χ3n) is 1.77. The first kappa shape index (κ1) is 13.9. The Morgan fingerprint density at radius 2 is 2.18 bits per heavy atom. The molecule has 1 rings (SSSR count). The van der Waals surface area contributed by atoms with Crippen LogP contribution in [0.4, 0.5) is 13.2 Å². The topological polar surface area (TPSA) is 39.2 Å². The number of rotatable bonds is 5. The summed E-state index contributed by atoms with van der Waals surface area (Å²) >= 11 is 5.74. The molecule has 0 N–H and O–H groups in total. The fourth-order valence-corrected chi connectivity index (χ4v) is 1.28. The normalized spacial score (nSPS) is 11.5. The predicted molar refractivity (Wildman–Crippen MR) is 54.8 cm³/mol. The van der Waals surface area contributed by atoms with Gasteiger partial charge in [0.1, 0.15) is 13.2 Å². The molecular formula is C10H9ClF3NO2. The SMILES string of the molecule is O=C(COCC(F)(F)F)Cc1ccncc1Cl. The summed E-state index contributed by atoms with van der Waals surface area (Å²) < 4.78 is 39.4.